The molecule has 30 heavy (non-hydrogen) atoms. The average Bonchev–Trinajstić information content (AvgIpc) is 2.65. The van der Waals surface area contributed by atoms with E-state index in [1.165, 1.54) is 36.4 Å². The van der Waals surface area contributed by atoms with Gasteiger partial charge in [-0.25, -0.2) is 0 Å². The predicted molar refractivity (Wildman–Crippen MR) is 99.4 cm³/mol. The van der Waals surface area contributed by atoms with Crippen LogP contribution in [0.15, 0.2) is 55.6 Å². The lowest BCUT2D eigenvalue weighted by Gasteiger charge is -2.32. The largest absolute Gasteiger partial charge is 0.464 e. The number of hydrogen-bond acceptors (Lipinski definition) is 1. The van der Waals surface area contributed by atoms with Crippen molar-refractivity contribution in [1.29, 1.82) is 0 Å². The van der Waals surface area contributed by atoms with Crippen LogP contribution in [0.4, 0.5) is 30.7 Å². The molecular weight excluding hydrogens is 413 g/mol. The van der Waals surface area contributed by atoms with E-state index >= 15 is 0 Å². The maximum Gasteiger partial charge on any atom is 0.464 e. The molecular formula is C22H17F7O. The summed E-state index contributed by atoms with van der Waals surface area (Å²) >= 11 is 0. The van der Waals surface area contributed by atoms with Crippen LogP contribution in [0.1, 0.15) is 35.1 Å². The van der Waals surface area contributed by atoms with Crippen molar-refractivity contribution in [3.05, 3.63) is 77.9 Å². The maximum atomic E-state index is 13.5. The summed E-state index contributed by atoms with van der Waals surface area (Å²) in [5.41, 5.74) is 0.134. The van der Waals surface area contributed by atoms with Gasteiger partial charge >= 0.3 is 18.2 Å². The Balaban J connectivity index is 1.74. The van der Waals surface area contributed by atoms with Gasteiger partial charge in [-0.3, -0.25) is 0 Å². The number of alkyl halides is 7. The van der Waals surface area contributed by atoms with Gasteiger partial charge in [0.15, 0.2) is 0 Å². The SMILES string of the molecule is C=C(CCC(=C)c1ccccc1C(F)(F)F)c1ccc2c(c1)OC(F)(F)C(F)(F)C2. The summed E-state index contributed by atoms with van der Waals surface area (Å²) in [6.45, 7) is 7.54. The van der Waals surface area contributed by atoms with Crippen molar-refractivity contribution in [1.82, 2.24) is 0 Å². The molecule has 0 N–H and O–H groups in total. The lowest BCUT2D eigenvalue weighted by atomic mass is 9.92. The molecule has 0 saturated carbocycles. The summed E-state index contributed by atoms with van der Waals surface area (Å²) in [5, 5.41) is 0. The second kappa shape index (κ2) is 7.49. The van der Waals surface area contributed by atoms with Crippen LogP contribution in [0.25, 0.3) is 11.1 Å². The molecule has 8 heteroatoms. The number of benzene rings is 2. The molecule has 0 radical (unpaired) electrons. The lowest BCUT2D eigenvalue weighted by molar-refractivity contribution is -0.316. The molecule has 1 aliphatic rings. The molecule has 0 amide bonds. The van der Waals surface area contributed by atoms with E-state index in [0.717, 1.165) is 6.07 Å². The van der Waals surface area contributed by atoms with Gasteiger partial charge in [0.2, 0.25) is 0 Å². The first kappa shape index (κ1) is 21.9. The summed E-state index contributed by atoms with van der Waals surface area (Å²) in [6.07, 6.45) is -9.99. The molecule has 2 aromatic rings. The number of halogens is 7. The van der Waals surface area contributed by atoms with E-state index in [1.54, 1.807) is 0 Å². The number of fused-ring (bicyclic) bond motifs is 1. The zero-order valence-corrected chi connectivity index (χ0v) is 15.6. The minimum atomic E-state index is -4.63. The minimum absolute atomic E-state index is 0.0338. The fraction of sp³-hybridized carbons (Fsp3) is 0.273. The van der Waals surface area contributed by atoms with Gasteiger partial charge in [-0.05, 0) is 47.2 Å². The van der Waals surface area contributed by atoms with Crippen molar-refractivity contribution >= 4 is 11.1 Å². The molecule has 160 valence electrons. The molecule has 0 bridgehead atoms. The first-order chi connectivity index (χ1) is 13.8. The van der Waals surface area contributed by atoms with Crippen LogP contribution >= 0.6 is 0 Å². The fourth-order valence-corrected chi connectivity index (χ4v) is 3.19. The number of hydrogen-bond donors (Lipinski definition) is 0. The monoisotopic (exact) mass is 430 g/mol. The first-order valence-corrected chi connectivity index (χ1v) is 8.92. The molecule has 0 aliphatic carbocycles. The van der Waals surface area contributed by atoms with E-state index in [4.69, 9.17) is 0 Å². The number of ether oxygens (including phenoxy) is 1. The number of rotatable bonds is 5. The summed E-state index contributed by atoms with van der Waals surface area (Å²) in [6, 6.07) is 8.93. The van der Waals surface area contributed by atoms with Crippen molar-refractivity contribution in [3.63, 3.8) is 0 Å². The Morgan fingerprint density at radius 2 is 1.57 bits per heavy atom. The normalized spacial score (nSPS) is 17.0. The van der Waals surface area contributed by atoms with Crippen LogP contribution < -0.4 is 4.74 Å². The second-order valence-corrected chi connectivity index (χ2v) is 7.07. The summed E-state index contributed by atoms with van der Waals surface area (Å²) in [7, 11) is 0. The van der Waals surface area contributed by atoms with Gasteiger partial charge in [0.05, 0.1) is 12.0 Å². The Kier molecular flexibility index (Phi) is 5.47. The minimum Gasteiger partial charge on any atom is -0.428 e. The van der Waals surface area contributed by atoms with Crippen molar-refractivity contribution in [2.45, 2.75) is 37.5 Å². The van der Waals surface area contributed by atoms with Crippen LogP contribution in [-0.4, -0.2) is 12.0 Å². The summed E-state index contributed by atoms with van der Waals surface area (Å²) in [5.74, 6) is -4.69. The molecule has 0 aromatic heterocycles. The van der Waals surface area contributed by atoms with Crippen molar-refractivity contribution in [2.24, 2.45) is 0 Å². The molecule has 0 unspecified atom stereocenters. The van der Waals surface area contributed by atoms with Crippen LogP contribution in [-0.2, 0) is 12.6 Å². The first-order valence-electron chi connectivity index (χ1n) is 8.92. The molecule has 0 fully saturated rings. The zero-order chi connectivity index (χ0) is 22.3. The Labute approximate surface area is 168 Å². The van der Waals surface area contributed by atoms with Gasteiger partial charge in [-0.2, -0.15) is 30.7 Å². The van der Waals surface area contributed by atoms with Gasteiger partial charge in [0.1, 0.15) is 5.75 Å². The smallest absolute Gasteiger partial charge is 0.428 e. The topological polar surface area (TPSA) is 9.23 Å². The van der Waals surface area contributed by atoms with E-state index < -0.39 is 30.2 Å². The third kappa shape index (κ3) is 4.22. The Bertz CT molecular complexity index is 989. The number of allylic oxidation sites excluding steroid dienone is 2. The molecule has 0 spiro atoms. The van der Waals surface area contributed by atoms with Crippen LogP contribution in [0.2, 0.25) is 0 Å². The highest BCUT2D eigenvalue weighted by atomic mass is 19.4. The van der Waals surface area contributed by atoms with Gasteiger partial charge in [-0.1, -0.05) is 43.5 Å². The predicted octanol–water partition coefficient (Wildman–Crippen LogP) is 7.38. The fourth-order valence-electron chi connectivity index (χ4n) is 3.19. The average molecular weight is 430 g/mol. The van der Waals surface area contributed by atoms with Crippen molar-refractivity contribution < 1.29 is 35.5 Å². The highest BCUT2D eigenvalue weighted by molar-refractivity contribution is 5.71. The van der Waals surface area contributed by atoms with Crippen molar-refractivity contribution in [2.75, 3.05) is 0 Å². The lowest BCUT2D eigenvalue weighted by Crippen LogP contribution is -2.49. The Morgan fingerprint density at radius 3 is 2.23 bits per heavy atom. The van der Waals surface area contributed by atoms with E-state index in [2.05, 4.69) is 17.9 Å². The summed E-state index contributed by atoms with van der Waals surface area (Å²) in [4.78, 5) is 0. The highest BCUT2D eigenvalue weighted by Crippen LogP contribution is 2.46. The van der Waals surface area contributed by atoms with E-state index in [-0.39, 0.29) is 35.3 Å². The standard InChI is InChI=1S/C22H17F7O/c1-13(7-8-14(2)17-5-3-4-6-18(17)21(25,26)27)15-9-10-16-12-20(23,24)22(28,29)30-19(16)11-15/h3-6,9-11H,1-2,7-8,12H2. The second-order valence-electron chi connectivity index (χ2n) is 7.07. The van der Waals surface area contributed by atoms with Gasteiger partial charge < -0.3 is 4.74 Å². The van der Waals surface area contributed by atoms with Crippen LogP contribution in [0.3, 0.4) is 0 Å². The van der Waals surface area contributed by atoms with Gasteiger partial charge in [0.25, 0.3) is 0 Å². The van der Waals surface area contributed by atoms with E-state index in [1.807, 2.05) is 0 Å². The Hall–Kier alpha value is -2.77. The van der Waals surface area contributed by atoms with E-state index in [9.17, 15) is 30.7 Å². The third-order valence-corrected chi connectivity index (χ3v) is 4.89. The molecule has 0 saturated heterocycles. The van der Waals surface area contributed by atoms with E-state index in [0.29, 0.717) is 11.1 Å². The quantitative estimate of drug-likeness (QED) is 0.450. The molecule has 1 heterocycles. The van der Waals surface area contributed by atoms with Gasteiger partial charge in [0, 0.05) is 5.56 Å². The third-order valence-electron chi connectivity index (χ3n) is 4.89. The molecule has 2 aromatic carbocycles. The zero-order valence-electron chi connectivity index (χ0n) is 15.6. The van der Waals surface area contributed by atoms with Crippen LogP contribution in [0.5, 0.6) is 5.75 Å². The molecule has 0 atom stereocenters. The van der Waals surface area contributed by atoms with Crippen molar-refractivity contribution in [3.8, 4) is 5.75 Å². The summed E-state index contributed by atoms with van der Waals surface area (Å²) < 4.78 is 97.5. The molecule has 1 aliphatic heterocycles. The maximum absolute atomic E-state index is 13.5. The highest BCUT2D eigenvalue weighted by Gasteiger charge is 2.62. The Morgan fingerprint density at radius 1 is 0.933 bits per heavy atom. The van der Waals surface area contributed by atoms with Gasteiger partial charge in [-0.15, -0.1) is 0 Å². The molecule has 1 nitrogen and oxygen atoms in total. The molecule has 3 rings (SSSR count). The van der Waals surface area contributed by atoms with Crippen LogP contribution in [0, 0.1) is 0 Å².